The summed E-state index contributed by atoms with van der Waals surface area (Å²) in [5.41, 5.74) is 1.76. The highest BCUT2D eigenvalue weighted by Gasteiger charge is 2.23. The Morgan fingerprint density at radius 3 is 2.30 bits per heavy atom. The number of nitrogens with zero attached hydrogens (tertiary/aromatic N) is 2. The molecule has 0 aliphatic carbocycles. The molecule has 0 radical (unpaired) electrons. The van der Waals surface area contributed by atoms with Crippen LogP contribution in [0.5, 0.6) is 5.75 Å². The molecule has 0 spiro atoms. The number of fused-ring (bicyclic) bond motifs is 1. The van der Waals surface area contributed by atoms with Crippen molar-refractivity contribution in [3.8, 4) is 17.0 Å². The fourth-order valence-corrected chi connectivity index (χ4v) is 3.99. The van der Waals surface area contributed by atoms with Gasteiger partial charge in [0.05, 0.1) is 15.6 Å². The van der Waals surface area contributed by atoms with Gasteiger partial charge in [0.15, 0.2) is 0 Å². The van der Waals surface area contributed by atoms with Crippen LogP contribution in [0.25, 0.3) is 22.2 Å². The molecular formula is C19H12Cl2N2O3S. The number of halogens is 2. The van der Waals surface area contributed by atoms with Crippen molar-refractivity contribution in [1.29, 1.82) is 0 Å². The number of benzene rings is 3. The Morgan fingerprint density at radius 2 is 1.56 bits per heavy atom. The first kappa shape index (κ1) is 17.9. The van der Waals surface area contributed by atoms with Crippen LogP contribution in [0.4, 0.5) is 0 Å². The minimum absolute atomic E-state index is 0.0465. The normalized spacial score (nSPS) is 11.6. The van der Waals surface area contributed by atoms with Crippen molar-refractivity contribution in [2.24, 2.45) is 0 Å². The quantitative estimate of drug-likeness (QED) is 0.457. The maximum atomic E-state index is 12.9. The van der Waals surface area contributed by atoms with Crippen molar-refractivity contribution >= 4 is 44.4 Å². The summed E-state index contributed by atoms with van der Waals surface area (Å²) in [6, 6.07) is 20.6. The highest BCUT2D eigenvalue weighted by molar-refractivity contribution is 7.85. The second kappa shape index (κ2) is 6.88. The molecule has 27 heavy (non-hydrogen) atoms. The van der Waals surface area contributed by atoms with Crippen molar-refractivity contribution < 1.29 is 12.6 Å². The molecule has 0 aliphatic heterocycles. The zero-order chi connectivity index (χ0) is 19.0. The van der Waals surface area contributed by atoms with Crippen LogP contribution in [0, 0.1) is 0 Å². The third-order valence-corrected chi connectivity index (χ3v) is 5.75. The van der Waals surface area contributed by atoms with E-state index < -0.39 is 10.3 Å². The van der Waals surface area contributed by atoms with Crippen molar-refractivity contribution in [3.63, 3.8) is 0 Å². The van der Waals surface area contributed by atoms with Gasteiger partial charge in [0.2, 0.25) is 0 Å². The Balaban J connectivity index is 1.84. The third-order valence-electron chi connectivity index (χ3n) is 3.91. The van der Waals surface area contributed by atoms with E-state index in [0.29, 0.717) is 21.6 Å². The Morgan fingerprint density at radius 1 is 0.852 bits per heavy atom. The molecule has 0 bridgehead atoms. The summed E-state index contributed by atoms with van der Waals surface area (Å²) in [7, 11) is -4.25. The first-order valence-corrected chi connectivity index (χ1v) is 10.0. The zero-order valence-corrected chi connectivity index (χ0v) is 16.0. The molecule has 0 unspecified atom stereocenters. The molecule has 0 amide bonds. The first-order valence-electron chi connectivity index (χ1n) is 7.89. The Labute approximate surface area is 166 Å². The highest BCUT2D eigenvalue weighted by Crippen LogP contribution is 2.30. The Hall–Kier alpha value is -2.54. The fraction of sp³-hybridized carbons (Fsp3) is 0. The van der Waals surface area contributed by atoms with Crippen molar-refractivity contribution in [1.82, 2.24) is 9.19 Å². The van der Waals surface area contributed by atoms with Crippen molar-refractivity contribution in [2.75, 3.05) is 0 Å². The van der Waals surface area contributed by atoms with Crippen molar-refractivity contribution in [3.05, 3.63) is 82.8 Å². The number of para-hydroxylation sites is 1. The number of rotatable bonds is 4. The second-order valence-corrected chi connectivity index (χ2v) is 7.87. The summed E-state index contributed by atoms with van der Waals surface area (Å²) >= 11 is 11.8. The van der Waals surface area contributed by atoms with Crippen LogP contribution < -0.4 is 4.18 Å². The molecule has 4 aromatic rings. The summed E-state index contributed by atoms with van der Waals surface area (Å²) < 4.78 is 31.8. The van der Waals surface area contributed by atoms with Crippen LogP contribution in [0.2, 0.25) is 10.0 Å². The molecule has 0 saturated carbocycles. The second-order valence-electron chi connectivity index (χ2n) is 5.69. The zero-order valence-electron chi connectivity index (χ0n) is 13.7. The molecule has 3 aromatic carbocycles. The van der Waals surface area contributed by atoms with E-state index >= 15 is 0 Å². The molecule has 0 aliphatic rings. The van der Waals surface area contributed by atoms with Gasteiger partial charge in [-0.2, -0.15) is 13.5 Å². The van der Waals surface area contributed by atoms with Gasteiger partial charge in [-0.3, -0.25) is 0 Å². The van der Waals surface area contributed by atoms with Crippen LogP contribution >= 0.6 is 23.2 Å². The predicted molar refractivity (Wildman–Crippen MR) is 107 cm³/mol. The monoisotopic (exact) mass is 418 g/mol. The molecule has 136 valence electrons. The average Bonchev–Trinajstić information content (AvgIpc) is 3.06. The van der Waals surface area contributed by atoms with Crippen LogP contribution in [0.3, 0.4) is 0 Å². The van der Waals surface area contributed by atoms with Gasteiger partial charge < -0.3 is 4.18 Å². The predicted octanol–water partition coefficient (Wildman–Crippen LogP) is 5.18. The molecule has 4 rings (SSSR count). The topological polar surface area (TPSA) is 61.2 Å². The maximum absolute atomic E-state index is 12.9. The van der Waals surface area contributed by atoms with E-state index in [4.69, 9.17) is 27.4 Å². The highest BCUT2D eigenvalue weighted by atomic mass is 35.5. The maximum Gasteiger partial charge on any atom is 0.429 e. The van der Waals surface area contributed by atoms with Crippen LogP contribution in [0.15, 0.2) is 72.8 Å². The fourth-order valence-electron chi connectivity index (χ4n) is 2.70. The molecule has 8 heteroatoms. The van der Waals surface area contributed by atoms with Gasteiger partial charge in [0, 0.05) is 17.0 Å². The van der Waals surface area contributed by atoms with E-state index in [0.717, 1.165) is 9.65 Å². The summed E-state index contributed by atoms with van der Waals surface area (Å²) in [5, 5.41) is 5.51. The Bertz CT molecular complexity index is 1240. The molecule has 0 N–H and O–H groups in total. The van der Waals surface area contributed by atoms with E-state index in [2.05, 4.69) is 5.10 Å². The number of aromatic nitrogens is 2. The molecule has 5 nitrogen and oxygen atoms in total. The molecule has 1 heterocycles. The lowest BCUT2D eigenvalue weighted by Gasteiger charge is -2.08. The van der Waals surface area contributed by atoms with Gasteiger partial charge >= 0.3 is 10.3 Å². The van der Waals surface area contributed by atoms with E-state index in [1.807, 2.05) is 42.5 Å². The van der Waals surface area contributed by atoms with Crippen LogP contribution in [-0.2, 0) is 10.3 Å². The Kier molecular flexibility index (Phi) is 4.55. The first-order chi connectivity index (χ1) is 13.0. The minimum Gasteiger partial charge on any atom is -0.365 e. The summed E-state index contributed by atoms with van der Waals surface area (Å²) in [4.78, 5) is 0. The molecule has 0 atom stereocenters. The van der Waals surface area contributed by atoms with Gasteiger partial charge in [-0.25, -0.2) is 0 Å². The van der Waals surface area contributed by atoms with E-state index in [1.165, 1.54) is 18.2 Å². The molecule has 1 aromatic heterocycles. The minimum atomic E-state index is -4.25. The molecule has 0 fully saturated rings. The summed E-state index contributed by atoms with van der Waals surface area (Å²) in [6.07, 6.45) is 0. The van der Waals surface area contributed by atoms with Crippen LogP contribution in [0.1, 0.15) is 0 Å². The lowest BCUT2D eigenvalue weighted by Crippen LogP contribution is -2.20. The van der Waals surface area contributed by atoms with E-state index in [1.54, 1.807) is 12.1 Å². The van der Waals surface area contributed by atoms with Gasteiger partial charge in [-0.15, -0.1) is 4.09 Å². The molecular weight excluding hydrogens is 407 g/mol. The lowest BCUT2D eigenvalue weighted by molar-refractivity contribution is 0.471. The SMILES string of the molecule is O=S(=O)(Oc1ccc(Cl)c(Cl)c1)n1nc(-c2ccccc2)c2ccccc21. The lowest BCUT2D eigenvalue weighted by atomic mass is 10.1. The summed E-state index contributed by atoms with van der Waals surface area (Å²) in [5.74, 6) is 0.0465. The number of hydrogen-bond donors (Lipinski definition) is 0. The van der Waals surface area contributed by atoms with E-state index in [9.17, 15) is 8.42 Å². The van der Waals surface area contributed by atoms with Crippen LogP contribution in [-0.4, -0.2) is 17.6 Å². The molecule has 0 saturated heterocycles. The standard InChI is InChI=1S/C19H12Cl2N2O3S/c20-16-11-10-14(12-17(16)21)26-27(24,25)23-18-9-5-4-8-15(18)19(22-23)13-6-2-1-3-7-13/h1-12H. The van der Waals surface area contributed by atoms with Gasteiger partial charge in [0.1, 0.15) is 11.4 Å². The van der Waals surface area contributed by atoms with Crippen molar-refractivity contribution in [2.45, 2.75) is 0 Å². The van der Waals surface area contributed by atoms with E-state index in [-0.39, 0.29) is 10.8 Å². The largest absolute Gasteiger partial charge is 0.429 e. The van der Waals surface area contributed by atoms with Gasteiger partial charge in [-0.05, 0) is 18.2 Å². The third kappa shape index (κ3) is 3.39. The summed E-state index contributed by atoms with van der Waals surface area (Å²) in [6.45, 7) is 0. The number of hydrogen-bond acceptors (Lipinski definition) is 4. The average molecular weight is 419 g/mol. The smallest absolute Gasteiger partial charge is 0.365 e. The van der Waals surface area contributed by atoms with Gasteiger partial charge in [0.25, 0.3) is 0 Å². The van der Waals surface area contributed by atoms with Gasteiger partial charge in [-0.1, -0.05) is 71.7 Å².